The molecule has 1 aliphatic rings. The van der Waals surface area contributed by atoms with Crippen LogP contribution in [0.25, 0.3) is 11.4 Å². The molecule has 4 rings (SSSR count). The van der Waals surface area contributed by atoms with E-state index in [2.05, 4.69) is 10.1 Å². The molecule has 0 saturated carbocycles. The highest BCUT2D eigenvalue weighted by Crippen LogP contribution is 2.29. The largest absolute Gasteiger partial charge is 0.385 e. The van der Waals surface area contributed by atoms with Gasteiger partial charge in [0.25, 0.3) is 11.5 Å². The van der Waals surface area contributed by atoms with Crippen LogP contribution in [0.5, 0.6) is 0 Å². The molecule has 0 spiro atoms. The highest BCUT2D eigenvalue weighted by atomic mass is 16.5. The van der Waals surface area contributed by atoms with E-state index in [-0.39, 0.29) is 22.9 Å². The molecule has 0 atom stereocenters. The molecule has 1 aliphatic heterocycles. The number of methoxy groups -OCH3 is 1. The van der Waals surface area contributed by atoms with Crippen LogP contribution in [0.1, 0.15) is 41.4 Å². The number of rotatable bonds is 7. The molecule has 1 fully saturated rings. The Morgan fingerprint density at radius 1 is 1.16 bits per heavy atom. The van der Waals surface area contributed by atoms with Crippen molar-refractivity contribution in [3.8, 4) is 11.4 Å². The van der Waals surface area contributed by atoms with Gasteiger partial charge in [-0.2, -0.15) is 4.98 Å². The summed E-state index contributed by atoms with van der Waals surface area (Å²) in [5.74, 6) is 1.06. The Hall–Kier alpha value is -3.26. The molecular formula is C23H26N4O4. The topological polar surface area (TPSA) is 90.5 Å². The number of benzene rings is 1. The third-order valence-corrected chi connectivity index (χ3v) is 5.60. The van der Waals surface area contributed by atoms with Crippen LogP contribution in [0.15, 0.2) is 58.0 Å². The maximum absolute atomic E-state index is 13.0. The number of nitrogens with zero attached hydrogens (tertiary/aromatic N) is 4. The molecule has 0 aliphatic carbocycles. The predicted molar refractivity (Wildman–Crippen MR) is 115 cm³/mol. The minimum atomic E-state index is -0.255. The highest BCUT2D eigenvalue weighted by molar-refractivity contribution is 5.93. The predicted octanol–water partition coefficient (Wildman–Crippen LogP) is 2.95. The number of likely N-dealkylation sites (tertiary alicyclic amines) is 1. The van der Waals surface area contributed by atoms with Crippen LogP contribution in [0.4, 0.5) is 0 Å². The van der Waals surface area contributed by atoms with E-state index in [1.807, 2.05) is 30.3 Å². The summed E-state index contributed by atoms with van der Waals surface area (Å²) in [6, 6.07) is 13.1. The second-order valence-corrected chi connectivity index (χ2v) is 7.66. The number of carbonyl (C=O) groups is 1. The monoisotopic (exact) mass is 422 g/mol. The Morgan fingerprint density at radius 2 is 1.94 bits per heavy atom. The number of ether oxygens (including phenoxy) is 1. The van der Waals surface area contributed by atoms with Crippen molar-refractivity contribution >= 4 is 5.91 Å². The zero-order valence-corrected chi connectivity index (χ0v) is 17.6. The highest BCUT2D eigenvalue weighted by Gasteiger charge is 2.29. The van der Waals surface area contributed by atoms with Gasteiger partial charge in [-0.15, -0.1) is 0 Å². The van der Waals surface area contributed by atoms with Gasteiger partial charge in [0.05, 0.1) is 0 Å². The summed E-state index contributed by atoms with van der Waals surface area (Å²) >= 11 is 0. The van der Waals surface area contributed by atoms with E-state index in [9.17, 15) is 9.59 Å². The fourth-order valence-electron chi connectivity index (χ4n) is 3.86. The van der Waals surface area contributed by atoms with E-state index < -0.39 is 0 Å². The first-order valence-corrected chi connectivity index (χ1v) is 10.5. The van der Waals surface area contributed by atoms with E-state index in [0.29, 0.717) is 44.4 Å². The fraction of sp³-hybridized carbons (Fsp3) is 0.391. The van der Waals surface area contributed by atoms with Crippen LogP contribution in [0, 0.1) is 0 Å². The quantitative estimate of drug-likeness (QED) is 0.544. The first-order chi connectivity index (χ1) is 15.2. The molecule has 1 saturated heterocycles. The van der Waals surface area contributed by atoms with Crippen molar-refractivity contribution in [1.29, 1.82) is 0 Å². The first kappa shape index (κ1) is 21.0. The van der Waals surface area contributed by atoms with Gasteiger partial charge < -0.3 is 18.7 Å². The lowest BCUT2D eigenvalue weighted by Gasteiger charge is -2.30. The van der Waals surface area contributed by atoms with E-state index in [4.69, 9.17) is 9.26 Å². The van der Waals surface area contributed by atoms with Gasteiger partial charge in [0.1, 0.15) is 5.56 Å². The normalized spacial score (nSPS) is 14.7. The number of piperidine rings is 1. The molecular weight excluding hydrogens is 396 g/mol. The van der Waals surface area contributed by atoms with Gasteiger partial charge in [0, 0.05) is 51.0 Å². The minimum absolute atomic E-state index is 0.107. The molecule has 0 N–H and O–H groups in total. The van der Waals surface area contributed by atoms with Crippen LogP contribution >= 0.6 is 0 Å². The molecule has 3 heterocycles. The lowest BCUT2D eigenvalue weighted by molar-refractivity contribution is 0.0702. The number of carbonyl (C=O) groups excluding carboxylic acids is 1. The smallest absolute Gasteiger partial charge is 0.263 e. The molecule has 162 valence electrons. The lowest BCUT2D eigenvalue weighted by Crippen LogP contribution is -2.41. The zero-order valence-electron chi connectivity index (χ0n) is 17.6. The number of amides is 1. The fourth-order valence-corrected chi connectivity index (χ4v) is 3.86. The average molecular weight is 422 g/mol. The van der Waals surface area contributed by atoms with Gasteiger partial charge in [-0.1, -0.05) is 35.5 Å². The van der Waals surface area contributed by atoms with Gasteiger partial charge in [-0.3, -0.25) is 9.59 Å². The maximum Gasteiger partial charge on any atom is 0.263 e. The molecule has 8 heteroatoms. The lowest BCUT2D eigenvalue weighted by atomic mass is 9.96. The Labute approximate surface area is 180 Å². The van der Waals surface area contributed by atoms with E-state index in [1.165, 1.54) is 0 Å². The first-order valence-electron chi connectivity index (χ1n) is 10.5. The summed E-state index contributed by atoms with van der Waals surface area (Å²) in [5.41, 5.74) is 0.869. The number of hydrogen-bond donors (Lipinski definition) is 0. The summed E-state index contributed by atoms with van der Waals surface area (Å²) < 4.78 is 12.1. The summed E-state index contributed by atoms with van der Waals surface area (Å²) in [6.45, 7) is 2.19. The molecule has 0 bridgehead atoms. The van der Waals surface area contributed by atoms with Crippen molar-refractivity contribution in [2.75, 3.05) is 26.8 Å². The summed E-state index contributed by atoms with van der Waals surface area (Å²) in [5, 5.41) is 4.10. The van der Waals surface area contributed by atoms with Crippen LogP contribution < -0.4 is 5.56 Å². The standard InChI is InChI=1S/C23H26N4O4/c1-30-16-6-13-26-12-5-9-19(22(26)28)23(29)27-14-10-18(11-15-27)21-24-20(25-31-21)17-7-3-2-4-8-17/h2-5,7-9,12,18H,6,10-11,13-16H2,1H3. The van der Waals surface area contributed by atoms with Crippen LogP contribution in [0.2, 0.25) is 0 Å². The molecule has 31 heavy (non-hydrogen) atoms. The van der Waals surface area contributed by atoms with Crippen molar-refractivity contribution in [1.82, 2.24) is 19.6 Å². The summed E-state index contributed by atoms with van der Waals surface area (Å²) in [7, 11) is 1.63. The third kappa shape index (κ3) is 4.74. The van der Waals surface area contributed by atoms with Crippen LogP contribution in [-0.2, 0) is 11.3 Å². The van der Waals surface area contributed by atoms with E-state index >= 15 is 0 Å². The second kappa shape index (κ2) is 9.70. The Bertz CT molecular complexity index is 1070. The molecule has 1 amide bonds. The van der Waals surface area contributed by atoms with Crippen molar-refractivity contribution in [3.63, 3.8) is 0 Å². The van der Waals surface area contributed by atoms with Crippen LogP contribution in [0.3, 0.4) is 0 Å². The van der Waals surface area contributed by atoms with Gasteiger partial charge in [-0.25, -0.2) is 0 Å². The van der Waals surface area contributed by atoms with Crippen molar-refractivity contribution < 1.29 is 14.1 Å². The molecule has 8 nitrogen and oxygen atoms in total. The maximum atomic E-state index is 13.0. The Balaban J connectivity index is 1.39. The SMILES string of the molecule is COCCCn1cccc(C(=O)N2CCC(c3nc(-c4ccccc4)no3)CC2)c1=O. The number of hydrogen-bond acceptors (Lipinski definition) is 6. The molecule has 0 radical (unpaired) electrons. The van der Waals surface area contributed by atoms with Gasteiger partial charge >= 0.3 is 0 Å². The van der Waals surface area contributed by atoms with Crippen LogP contribution in [-0.4, -0.2) is 52.3 Å². The molecule has 3 aromatic rings. The van der Waals surface area contributed by atoms with Gasteiger partial charge in [-0.05, 0) is 31.4 Å². The Morgan fingerprint density at radius 3 is 2.68 bits per heavy atom. The average Bonchev–Trinajstić information content (AvgIpc) is 3.31. The van der Waals surface area contributed by atoms with Crippen molar-refractivity contribution in [2.45, 2.75) is 31.7 Å². The van der Waals surface area contributed by atoms with Gasteiger partial charge in [0.2, 0.25) is 11.7 Å². The Kier molecular flexibility index (Phi) is 6.57. The number of aromatic nitrogens is 3. The summed E-state index contributed by atoms with van der Waals surface area (Å²) in [6.07, 6.45) is 3.86. The van der Waals surface area contributed by atoms with Crippen molar-refractivity contribution in [3.05, 3.63) is 70.5 Å². The number of aryl methyl sites for hydroxylation is 1. The zero-order chi connectivity index (χ0) is 21.6. The summed E-state index contributed by atoms with van der Waals surface area (Å²) in [4.78, 5) is 32.0. The van der Waals surface area contributed by atoms with E-state index in [1.54, 1.807) is 34.9 Å². The molecule has 2 aromatic heterocycles. The molecule has 0 unspecified atom stereocenters. The molecule has 1 aromatic carbocycles. The third-order valence-electron chi connectivity index (χ3n) is 5.60. The van der Waals surface area contributed by atoms with Crippen molar-refractivity contribution in [2.24, 2.45) is 0 Å². The number of pyridine rings is 1. The second-order valence-electron chi connectivity index (χ2n) is 7.66. The van der Waals surface area contributed by atoms with Gasteiger partial charge in [0.15, 0.2) is 0 Å². The minimum Gasteiger partial charge on any atom is -0.385 e. The van der Waals surface area contributed by atoms with E-state index in [0.717, 1.165) is 18.4 Å².